The summed E-state index contributed by atoms with van der Waals surface area (Å²) in [6.45, 7) is 3.07. The topological polar surface area (TPSA) is 35.2 Å². The number of nitrogens with two attached hydrogens (primary N) is 1. The molecular formula is C11H19NO. The summed E-state index contributed by atoms with van der Waals surface area (Å²) in [6, 6.07) is 9.49. The van der Waals surface area contributed by atoms with E-state index in [2.05, 4.69) is 6.92 Å². The fourth-order valence-electron chi connectivity index (χ4n) is 0.742. The monoisotopic (exact) mass is 181 g/mol. The summed E-state index contributed by atoms with van der Waals surface area (Å²) >= 11 is 0. The molecule has 1 aromatic carbocycles. The van der Waals surface area contributed by atoms with Crippen molar-refractivity contribution in [2.75, 3.05) is 19.5 Å². The van der Waals surface area contributed by atoms with Crippen LogP contribution in [0.1, 0.15) is 19.8 Å². The standard InChI is InChI=1S/C6H7N.C5H12O/c7-6-4-2-1-3-5-6;1-3-4-5-6-2/h1-5H,7H2;3-5H2,1-2H3. The molecule has 2 heteroatoms. The molecule has 0 aliphatic carbocycles. The molecule has 0 aromatic heterocycles. The fourth-order valence-corrected chi connectivity index (χ4v) is 0.742. The van der Waals surface area contributed by atoms with Gasteiger partial charge in [-0.25, -0.2) is 0 Å². The Morgan fingerprint density at radius 3 is 2.08 bits per heavy atom. The van der Waals surface area contributed by atoms with Crippen molar-refractivity contribution in [2.24, 2.45) is 0 Å². The number of nitrogen functional groups attached to an aromatic ring is 1. The number of methoxy groups -OCH3 is 1. The van der Waals surface area contributed by atoms with Gasteiger partial charge in [-0.2, -0.15) is 0 Å². The van der Waals surface area contributed by atoms with Gasteiger partial charge in [0.05, 0.1) is 0 Å². The van der Waals surface area contributed by atoms with E-state index in [1.807, 2.05) is 30.3 Å². The molecule has 1 aromatic rings. The molecule has 0 amide bonds. The van der Waals surface area contributed by atoms with Crippen molar-refractivity contribution >= 4 is 5.69 Å². The van der Waals surface area contributed by atoms with Gasteiger partial charge in [-0.15, -0.1) is 0 Å². The minimum absolute atomic E-state index is 0.822. The number of anilines is 1. The molecule has 2 nitrogen and oxygen atoms in total. The van der Waals surface area contributed by atoms with Crippen LogP contribution >= 0.6 is 0 Å². The number of unbranched alkanes of at least 4 members (excludes halogenated alkanes) is 1. The first-order chi connectivity index (χ1) is 6.31. The van der Waals surface area contributed by atoms with E-state index in [0.717, 1.165) is 12.3 Å². The number of ether oxygens (including phenoxy) is 1. The van der Waals surface area contributed by atoms with Crippen LogP contribution in [-0.4, -0.2) is 13.7 Å². The maximum absolute atomic E-state index is 5.36. The Bertz CT molecular complexity index is 183. The van der Waals surface area contributed by atoms with Gasteiger partial charge < -0.3 is 10.5 Å². The number of hydrogen-bond acceptors (Lipinski definition) is 2. The Hall–Kier alpha value is -1.02. The largest absolute Gasteiger partial charge is 0.399 e. The number of hydrogen-bond donors (Lipinski definition) is 1. The molecule has 0 aliphatic heterocycles. The third kappa shape index (κ3) is 8.89. The van der Waals surface area contributed by atoms with E-state index in [4.69, 9.17) is 10.5 Å². The third-order valence-electron chi connectivity index (χ3n) is 1.50. The second-order valence-electron chi connectivity index (χ2n) is 2.76. The van der Waals surface area contributed by atoms with Crippen LogP contribution in [0.15, 0.2) is 30.3 Å². The molecular weight excluding hydrogens is 162 g/mol. The molecule has 2 N–H and O–H groups in total. The Kier molecular flexibility index (Phi) is 8.36. The number of benzene rings is 1. The summed E-state index contributed by atoms with van der Waals surface area (Å²) < 4.78 is 4.78. The summed E-state index contributed by atoms with van der Waals surface area (Å²) in [6.07, 6.45) is 2.42. The molecule has 0 unspecified atom stereocenters. The van der Waals surface area contributed by atoms with E-state index in [1.54, 1.807) is 7.11 Å². The highest BCUT2D eigenvalue weighted by atomic mass is 16.5. The van der Waals surface area contributed by atoms with Gasteiger partial charge in [0, 0.05) is 19.4 Å². The zero-order valence-corrected chi connectivity index (χ0v) is 8.49. The lowest BCUT2D eigenvalue weighted by Gasteiger charge is -1.89. The van der Waals surface area contributed by atoms with Crippen molar-refractivity contribution in [3.8, 4) is 0 Å². The average molecular weight is 181 g/mol. The van der Waals surface area contributed by atoms with E-state index in [1.165, 1.54) is 12.8 Å². The van der Waals surface area contributed by atoms with Gasteiger partial charge in [-0.1, -0.05) is 31.5 Å². The predicted octanol–water partition coefficient (Wildman–Crippen LogP) is 2.70. The van der Waals surface area contributed by atoms with Crippen LogP contribution in [0.3, 0.4) is 0 Å². The summed E-state index contributed by atoms with van der Waals surface area (Å²) in [5, 5.41) is 0. The molecule has 0 saturated carbocycles. The minimum Gasteiger partial charge on any atom is -0.399 e. The van der Waals surface area contributed by atoms with Crippen LogP contribution in [-0.2, 0) is 4.74 Å². The smallest absolute Gasteiger partial charge is 0.0462 e. The summed E-state index contributed by atoms with van der Waals surface area (Å²) in [5.74, 6) is 0. The van der Waals surface area contributed by atoms with E-state index in [-0.39, 0.29) is 0 Å². The van der Waals surface area contributed by atoms with Crippen LogP contribution in [0.25, 0.3) is 0 Å². The maximum Gasteiger partial charge on any atom is 0.0462 e. The minimum atomic E-state index is 0.822. The molecule has 0 saturated heterocycles. The summed E-state index contributed by atoms with van der Waals surface area (Å²) in [5.41, 5.74) is 6.18. The molecule has 0 spiro atoms. The first-order valence-electron chi connectivity index (χ1n) is 4.60. The highest BCUT2D eigenvalue weighted by Crippen LogP contribution is 1.95. The van der Waals surface area contributed by atoms with Crippen LogP contribution in [0.5, 0.6) is 0 Å². The van der Waals surface area contributed by atoms with Gasteiger partial charge in [0.2, 0.25) is 0 Å². The number of rotatable bonds is 3. The van der Waals surface area contributed by atoms with Crippen LogP contribution in [0, 0.1) is 0 Å². The highest BCUT2D eigenvalue weighted by molar-refractivity contribution is 5.35. The predicted molar refractivity (Wildman–Crippen MR) is 57.6 cm³/mol. The second-order valence-corrected chi connectivity index (χ2v) is 2.76. The first-order valence-corrected chi connectivity index (χ1v) is 4.60. The molecule has 0 fully saturated rings. The van der Waals surface area contributed by atoms with E-state index in [9.17, 15) is 0 Å². The van der Waals surface area contributed by atoms with Crippen LogP contribution in [0.4, 0.5) is 5.69 Å². The molecule has 0 radical (unpaired) electrons. The van der Waals surface area contributed by atoms with Crippen molar-refractivity contribution in [1.82, 2.24) is 0 Å². The zero-order valence-electron chi connectivity index (χ0n) is 8.49. The summed E-state index contributed by atoms with van der Waals surface area (Å²) in [7, 11) is 1.73. The second kappa shape index (κ2) is 9.07. The van der Waals surface area contributed by atoms with Gasteiger partial charge in [-0.05, 0) is 18.6 Å². The van der Waals surface area contributed by atoms with E-state index >= 15 is 0 Å². The molecule has 74 valence electrons. The zero-order chi connectivity index (χ0) is 9.94. The Morgan fingerprint density at radius 2 is 1.85 bits per heavy atom. The van der Waals surface area contributed by atoms with Crippen molar-refractivity contribution < 1.29 is 4.74 Å². The lowest BCUT2D eigenvalue weighted by Crippen LogP contribution is -1.84. The molecule has 0 heterocycles. The third-order valence-corrected chi connectivity index (χ3v) is 1.50. The van der Waals surface area contributed by atoms with Crippen molar-refractivity contribution in [3.63, 3.8) is 0 Å². The van der Waals surface area contributed by atoms with E-state index in [0.29, 0.717) is 0 Å². The van der Waals surface area contributed by atoms with Crippen molar-refractivity contribution in [3.05, 3.63) is 30.3 Å². The lowest BCUT2D eigenvalue weighted by molar-refractivity contribution is 0.194. The normalized spacial score (nSPS) is 8.77. The highest BCUT2D eigenvalue weighted by Gasteiger charge is 1.74. The SMILES string of the molecule is CCCCOC.Nc1ccccc1. The maximum atomic E-state index is 5.36. The molecule has 13 heavy (non-hydrogen) atoms. The number of para-hydroxylation sites is 1. The van der Waals surface area contributed by atoms with Gasteiger partial charge in [0.15, 0.2) is 0 Å². The average Bonchev–Trinajstić information content (AvgIpc) is 2.17. The molecule has 1 rings (SSSR count). The van der Waals surface area contributed by atoms with Crippen LogP contribution < -0.4 is 5.73 Å². The van der Waals surface area contributed by atoms with Gasteiger partial charge in [0.1, 0.15) is 0 Å². The Labute approximate surface area is 80.7 Å². The molecule has 0 bridgehead atoms. The fraction of sp³-hybridized carbons (Fsp3) is 0.455. The lowest BCUT2D eigenvalue weighted by atomic mass is 10.3. The molecule has 0 atom stereocenters. The first kappa shape index (κ1) is 12.0. The van der Waals surface area contributed by atoms with Gasteiger partial charge in [-0.3, -0.25) is 0 Å². The molecule has 0 aliphatic rings. The quantitative estimate of drug-likeness (QED) is 0.574. The Balaban J connectivity index is 0.000000226. The van der Waals surface area contributed by atoms with Gasteiger partial charge in [0.25, 0.3) is 0 Å². The van der Waals surface area contributed by atoms with Crippen molar-refractivity contribution in [2.45, 2.75) is 19.8 Å². The summed E-state index contributed by atoms with van der Waals surface area (Å²) in [4.78, 5) is 0. The van der Waals surface area contributed by atoms with Crippen molar-refractivity contribution in [1.29, 1.82) is 0 Å². The van der Waals surface area contributed by atoms with E-state index < -0.39 is 0 Å². The van der Waals surface area contributed by atoms with Crippen LogP contribution in [0.2, 0.25) is 0 Å². The van der Waals surface area contributed by atoms with Gasteiger partial charge >= 0.3 is 0 Å². The Morgan fingerprint density at radius 1 is 1.23 bits per heavy atom.